The van der Waals surface area contributed by atoms with Gasteiger partial charge in [-0.25, -0.2) is 4.68 Å². The number of likely N-dealkylation sites (tertiary alicyclic amines) is 1. The van der Waals surface area contributed by atoms with Crippen molar-refractivity contribution < 1.29 is 43.3 Å². The molecule has 4 fully saturated rings. The second-order valence-corrected chi connectivity index (χ2v) is 16.2. The van der Waals surface area contributed by atoms with Crippen LogP contribution in [-0.4, -0.2) is 111 Å². The Balaban J connectivity index is 1.18. The van der Waals surface area contributed by atoms with E-state index in [0.29, 0.717) is 36.6 Å². The molecule has 4 heterocycles. The fourth-order valence-electron chi connectivity index (χ4n) is 8.45. The van der Waals surface area contributed by atoms with Crippen molar-refractivity contribution in [2.75, 3.05) is 33.0 Å². The normalized spacial score (nSPS) is 22.2. The average Bonchev–Trinajstić information content (AvgIpc) is 3.85. The Hall–Kier alpha value is -4.93. The molecule has 16 heteroatoms. The standard InChI is InChI=1S/C40H51N7O9/c1-39(2,53)33-20-42-45-47(33)28-19-32(37(51)44-40(34(48)35(41)49)12-14-54-15-13-40)46(21-28)38(52)31(16-24-6-4-3-5-7-24)43-36(50)27-9-8-26-18-29(11-10-25(26)17-27)56-30-22-55-23-30/h8-11,17-18,20,24,28,30-32,53H,3-7,12-16,19,21-23H2,1-2H3,(H2,41,49)(H,43,50)(H,44,51)/t28-,31+,32-/m0/s1. The number of carbonyl (C=O) groups is 5. The maximum absolute atomic E-state index is 14.9. The summed E-state index contributed by atoms with van der Waals surface area (Å²) in [7, 11) is 0. The first-order valence-corrected chi connectivity index (χ1v) is 19.6. The molecule has 0 radical (unpaired) electrons. The first kappa shape index (κ1) is 39.3. The second kappa shape index (κ2) is 16.3. The summed E-state index contributed by atoms with van der Waals surface area (Å²) in [4.78, 5) is 70.2. The van der Waals surface area contributed by atoms with Gasteiger partial charge in [-0.2, -0.15) is 0 Å². The van der Waals surface area contributed by atoms with Gasteiger partial charge < -0.3 is 40.6 Å². The van der Waals surface area contributed by atoms with Crippen LogP contribution in [0.3, 0.4) is 0 Å². The van der Waals surface area contributed by atoms with Crippen LogP contribution >= 0.6 is 0 Å². The second-order valence-electron chi connectivity index (χ2n) is 16.2. The highest BCUT2D eigenvalue weighted by Crippen LogP contribution is 2.35. The number of ketones is 1. The predicted octanol–water partition coefficient (Wildman–Crippen LogP) is 2.07. The van der Waals surface area contributed by atoms with Gasteiger partial charge in [0.15, 0.2) is 0 Å². The number of rotatable bonds is 13. The first-order valence-electron chi connectivity index (χ1n) is 19.6. The van der Waals surface area contributed by atoms with Crippen LogP contribution in [0.5, 0.6) is 5.75 Å². The Labute approximate surface area is 324 Å². The van der Waals surface area contributed by atoms with Gasteiger partial charge in [0.1, 0.15) is 35.1 Å². The van der Waals surface area contributed by atoms with E-state index in [1.54, 1.807) is 26.0 Å². The fourth-order valence-corrected chi connectivity index (χ4v) is 8.45. The molecule has 1 saturated carbocycles. The van der Waals surface area contributed by atoms with Crippen molar-refractivity contribution >= 4 is 40.2 Å². The van der Waals surface area contributed by atoms with Crippen molar-refractivity contribution in [3.8, 4) is 5.75 Å². The number of nitrogens with zero attached hydrogens (tertiary/aromatic N) is 4. The molecule has 7 rings (SSSR count). The van der Waals surface area contributed by atoms with Crippen molar-refractivity contribution in [2.45, 2.75) is 107 Å². The van der Waals surface area contributed by atoms with Crippen molar-refractivity contribution in [3.63, 3.8) is 0 Å². The van der Waals surface area contributed by atoms with E-state index in [0.717, 1.165) is 42.9 Å². The average molecular weight is 774 g/mol. The predicted molar refractivity (Wildman–Crippen MR) is 201 cm³/mol. The molecule has 5 N–H and O–H groups in total. The number of aromatic nitrogens is 3. The van der Waals surface area contributed by atoms with Crippen LogP contribution in [0.2, 0.25) is 0 Å². The Kier molecular flexibility index (Phi) is 11.4. The number of primary amides is 1. The van der Waals surface area contributed by atoms with Crippen LogP contribution in [-0.2, 0) is 34.3 Å². The zero-order valence-electron chi connectivity index (χ0n) is 31.9. The lowest BCUT2D eigenvalue weighted by Crippen LogP contribution is -2.64. The van der Waals surface area contributed by atoms with E-state index in [9.17, 15) is 29.1 Å². The van der Waals surface area contributed by atoms with Gasteiger partial charge in [-0.3, -0.25) is 24.0 Å². The van der Waals surface area contributed by atoms with Gasteiger partial charge in [0, 0.05) is 44.6 Å². The molecule has 16 nitrogen and oxygen atoms in total. The molecular weight excluding hydrogens is 722 g/mol. The molecule has 1 aromatic heterocycles. The molecule has 3 saturated heterocycles. The number of fused-ring (bicyclic) bond motifs is 1. The van der Waals surface area contributed by atoms with Gasteiger partial charge in [-0.15, -0.1) is 5.10 Å². The van der Waals surface area contributed by atoms with Crippen LogP contribution < -0.4 is 21.1 Å². The number of Topliss-reactive ketones (excluding diaryl/α,β-unsaturated/α-hetero) is 1. The summed E-state index contributed by atoms with van der Waals surface area (Å²) in [6, 6.07) is 8.29. The van der Waals surface area contributed by atoms with Crippen LogP contribution in [0.1, 0.15) is 93.7 Å². The number of hydrogen-bond donors (Lipinski definition) is 4. The zero-order valence-corrected chi connectivity index (χ0v) is 31.9. The quantitative estimate of drug-likeness (QED) is 0.184. The van der Waals surface area contributed by atoms with E-state index in [1.807, 2.05) is 24.3 Å². The Bertz CT molecular complexity index is 1960. The molecule has 0 spiro atoms. The molecule has 1 aliphatic carbocycles. The largest absolute Gasteiger partial charge is 0.486 e. The highest BCUT2D eigenvalue weighted by atomic mass is 16.6. The number of aliphatic hydroxyl groups is 1. The maximum Gasteiger partial charge on any atom is 0.287 e. The van der Waals surface area contributed by atoms with Crippen molar-refractivity contribution in [2.24, 2.45) is 11.7 Å². The Morgan fingerprint density at radius 2 is 1.73 bits per heavy atom. The Morgan fingerprint density at radius 3 is 2.41 bits per heavy atom. The third-order valence-electron chi connectivity index (χ3n) is 11.7. The van der Waals surface area contributed by atoms with Gasteiger partial charge >= 0.3 is 0 Å². The number of nitrogens with one attached hydrogen (secondary N) is 2. The van der Waals surface area contributed by atoms with Gasteiger partial charge in [-0.05, 0) is 61.2 Å². The van der Waals surface area contributed by atoms with E-state index < -0.39 is 58.7 Å². The lowest BCUT2D eigenvalue weighted by atomic mass is 9.84. The van der Waals surface area contributed by atoms with Crippen molar-refractivity contribution in [1.82, 2.24) is 30.5 Å². The van der Waals surface area contributed by atoms with Crippen molar-refractivity contribution in [1.29, 1.82) is 0 Å². The molecule has 56 heavy (non-hydrogen) atoms. The van der Waals surface area contributed by atoms with E-state index >= 15 is 0 Å². The molecule has 3 atom stereocenters. The topological polar surface area (TPSA) is 217 Å². The van der Waals surface area contributed by atoms with Crippen LogP contribution in [0.25, 0.3) is 10.8 Å². The minimum atomic E-state index is -1.59. The van der Waals surface area contributed by atoms with Crippen LogP contribution in [0.15, 0.2) is 42.6 Å². The molecule has 4 aliphatic rings. The summed E-state index contributed by atoms with van der Waals surface area (Å²) in [5.74, 6) is -2.76. The summed E-state index contributed by atoms with van der Waals surface area (Å²) in [5, 5.41) is 26.7. The number of hydrogen-bond acceptors (Lipinski definition) is 11. The van der Waals surface area contributed by atoms with E-state index in [4.69, 9.17) is 19.9 Å². The third-order valence-corrected chi connectivity index (χ3v) is 11.7. The van der Waals surface area contributed by atoms with Crippen LogP contribution in [0, 0.1) is 5.92 Å². The summed E-state index contributed by atoms with van der Waals surface area (Å²) >= 11 is 0. The summed E-state index contributed by atoms with van der Waals surface area (Å²) < 4.78 is 18.1. The van der Waals surface area contributed by atoms with Crippen molar-refractivity contribution in [3.05, 3.63) is 53.9 Å². The first-order chi connectivity index (χ1) is 26.8. The third kappa shape index (κ3) is 8.42. The van der Waals surface area contributed by atoms with Gasteiger partial charge in [-0.1, -0.05) is 49.5 Å². The molecule has 0 bridgehead atoms. The SMILES string of the molecule is CC(C)(O)c1cnnn1[C@H]1C[C@@H](C(=O)NC2(C(=O)C(N)=O)CCOCC2)N(C(=O)[C@@H](CC2CCCCC2)NC(=O)c2ccc3cc(OC4COC4)ccc3c2)C1. The smallest absolute Gasteiger partial charge is 0.287 e. The lowest BCUT2D eigenvalue weighted by Gasteiger charge is -2.37. The number of carbonyl (C=O) groups excluding carboxylic acids is 5. The Morgan fingerprint density at radius 1 is 1.02 bits per heavy atom. The number of amides is 4. The summed E-state index contributed by atoms with van der Waals surface area (Å²) in [6.45, 7) is 4.54. The lowest BCUT2D eigenvalue weighted by molar-refractivity contribution is -0.147. The molecule has 2 aromatic carbocycles. The molecule has 3 aliphatic heterocycles. The molecule has 300 valence electrons. The minimum Gasteiger partial charge on any atom is -0.486 e. The minimum absolute atomic E-state index is 0.00757. The fraction of sp³-hybridized carbons (Fsp3) is 0.575. The summed E-state index contributed by atoms with van der Waals surface area (Å²) in [6.07, 6.45) is 6.93. The maximum atomic E-state index is 14.9. The van der Waals surface area contributed by atoms with E-state index in [-0.39, 0.29) is 51.0 Å². The summed E-state index contributed by atoms with van der Waals surface area (Å²) in [5.41, 5.74) is 3.28. The molecular formula is C40H51N7O9. The molecule has 3 aromatic rings. The highest BCUT2D eigenvalue weighted by Gasteiger charge is 2.49. The monoisotopic (exact) mass is 773 g/mol. The number of nitrogens with two attached hydrogens (primary N) is 1. The van der Waals surface area contributed by atoms with Gasteiger partial charge in [0.2, 0.25) is 17.6 Å². The van der Waals surface area contributed by atoms with E-state index in [2.05, 4.69) is 20.9 Å². The number of ether oxygens (including phenoxy) is 3. The van der Waals surface area contributed by atoms with Gasteiger partial charge in [0.05, 0.1) is 31.1 Å². The van der Waals surface area contributed by atoms with Crippen LogP contribution in [0.4, 0.5) is 0 Å². The van der Waals surface area contributed by atoms with E-state index in [1.165, 1.54) is 15.8 Å². The number of benzene rings is 2. The molecule has 0 unspecified atom stereocenters. The zero-order chi connectivity index (χ0) is 39.6. The highest BCUT2D eigenvalue weighted by molar-refractivity contribution is 6.39. The van der Waals surface area contributed by atoms with Gasteiger partial charge in [0.25, 0.3) is 11.8 Å². The molecule has 4 amide bonds.